The first kappa shape index (κ1) is 14.3. The molecule has 22 heavy (non-hydrogen) atoms. The van der Waals surface area contributed by atoms with Gasteiger partial charge in [-0.3, -0.25) is 19.8 Å². The normalized spacial score (nSPS) is 18.2. The Morgan fingerprint density at radius 2 is 2.32 bits per heavy atom. The number of aryl methyl sites for hydroxylation is 1. The zero-order valence-corrected chi connectivity index (χ0v) is 12.3. The Morgan fingerprint density at radius 1 is 1.45 bits per heavy atom. The fourth-order valence-corrected chi connectivity index (χ4v) is 2.77. The highest BCUT2D eigenvalue weighted by Gasteiger charge is 2.23. The quantitative estimate of drug-likeness (QED) is 0.684. The van der Waals surface area contributed by atoms with Gasteiger partial charge in [0.2, 0.25) is 0 Å². The van der Waals surface area contributed by atoms with Gasteiger partial charge in [0.25, 0.3) is 0 Å². The molecular weight excluding hydrogens is 284 g/mol. The van der Waals surface area contributed by atoms with E-state index in [1.807, 2.05) is 19.4 Å². The van der Waals surface area contributed by atoms with Crippen LogP contribution >= 0.6 is 0 Å². The van der Waals surface area contributed by atoms with Gasteiger partial charge in [-0.1, -0.05) is 0 Å². The number of aromatic nitrogens is 3. The van der Waals surface area contributed by atoms with Gasteiger partial charge in [0.1, 0.15) is 11.9 Å². The topological polar surface area (TPSA) is 89.1 Å². The maximum atomic E-state index is 11.1. The van der Waals surface area contributed by atoms with Gasteiger partial charge in [-0.25, -0.2) is 0 Å². The number of hydrogen-bond acceptors (Lipinski definition) is 6. The van der Waals surface area contributed by atoms with Crippen molar-refractivity contribution >= 4 is 17.1 Å². The first-order valence-corrected chi connectivity index (χ1v) is 7.22. The number of nitro groups is 1. The molecule has 0 radical (unpaired) electrons. The zero-order valence-electron chi connectivity index (χ0n) is 12.3. The summed E-state index contributed by atoms with van der Waals surface area (Å²) in [5.74, 6) is 0. The predicted molar refractivity (Wildman–Crippen MR) is 83.0 cm³/mol. The van der Waals surface area contributed by atoms with Crippen molar-refractivity contribution in [3.63, 3.8) is 0 Å². The first-order valence-electron chi connectivity index (χ1n) is 7.22. The van der Waals surface area contributed by atoms with Crippen LogP contribution in [0.3, 0.4) is 0 Å². The van der Waals surface area contributed by atoms with Crippen LogP contribution in [0.15, 0.2) is 30.9 Å². The molecule has 1 aliphatic heterocycles. The number of nitrogens with one attached hydrogen (secondary N) is 1. The molecule has 1 aliphatic rings. The van der Waals surface area contributed by atoms with Crippen LogP contribution in [-0.4, -0.2) is 38.8 Å². The highest BCUT2D eigenvalue weighted by atomic mass is 16.6. The van der Waals surface area contributed by atoms with Crippen molar-refractivity contribution in [1.82, 2.24) is 14.8 Å². The average Bonchev–Trinajstić information content (AvgIpc) is 2.94. The molecule has 0 amide bonds. The Morgan fingerprint density at radius 3 is 3.05 bits per heavy atom. The Balaban J connectivity index is 1.72. The van der Waals surface area contributed by atoms with Crippen molar-refractivity contribution in [3.8, 4) is 0 Å². The van der Waals surface area contributed by atoms with Crippen LogP contribution in [0, 0.1) is 10.1 Å². The molecule has 8 nitrogen and oxygen atoms in total. The number of hydrogen-bond donors (Lipinski definition) is 1. The summed E-state index contributed by atoms with van der Waals surface area (Å²) in [5, 5.41) is 18.5. The fourth-order valence-electron chi connectivity index (χ4n) is 2.77. The SMILES string of the molecule is Cn1cc(N2CCC[C@@H](Nc3ccncc3[N+](=O)[O-])C2)cn1. The van der Waals surface area contributed by atoms with E-state index in [-0.39, 0.29) is 11.7 Å². The molecule has 3 rings (SSSR count). The molecule has 0 bridgehead atoms. The van der Waals surface area contributed by atoms with Crippen molar-refractivity contribution in [2.45, 2.75) is 18.9 Å². The van der Waals surface area contributed by atoms with Gasteiger partial charge in [0.05, 0.1) is 16.8 Å². The molecule has 0 aromatic carbocycles. The molecule has 0 aliphatic carbocycles. The molecule has 1 atom stereocenters. The zero-order chi connectivity index (χ0) is 15.5. The Labute approximate surface area is 127 Å². The van der Waals surface area contributed by atoms with Crippen LogP contribution in [0.4, 0.5) is 17.1 Å². The van der Waals surface area contributed by atoms with Gasteiger partial charge in [-0.15, -0.1) is 0 Å². The molecule has 0 unspecified atom stereocenters. The van der Waals surface area contributed by atoms with Crippen LogP contribution in [0.1, 0.15) is 12.8 Å². The second-order valence-corrected chi connectivity index (χ2v) is 5.45. The van der Waals surface area contributed by atoms with E-state index < -0.39 is 4.92 Å². The van der Waals surface area contributed by atoms with Crippen molar-refractivity contribution < 1.29 is 4.92 Å². The largest absolute Gasteiger partial charge is 0.375 e. The van der Waals surface area contributed by atoms with Gasteiger partial charge in [-0.2, -0.15) is 5.10 Å². The number of pyridine rings is 1. The lowest BCUT2D eigenvalue weighted by atomic mass is 10.0. The molecule has 116 valence electrons. The summed E-state index contributed by atoms with van der Waals surface area (Å²) in [4.78, 5) is 16.7. The third-order valence-electron chi connectivity index (χ3n) is 3.83. The standard InChI is InChI=1S/C14H18N6O2/c1-18-10-12(7-16-18)19-6-2-3-11(9-19)17-13-4-5-15-8-14(13)20(21)22/h4-5,7-8,10-11H,2-3,6,9H2,1H3,(H,15,17)/t11-/m1/s1. The molecule has 2 aromatic heterocycles. The maximum Gasteiger partial charge on any atom is 0.310 e. The van der Waals surface area contributed by atoms with Crippen molar-refractivity contribution in [2.75, 3.05) is 23.3 Å². The van der Waals surface area contributed by atoms with Gasteiger partial charge in [0.15, 0.2) is 0 Å². The second kappa shape index (κ2) is 6.00. The van der Waals surface area contributed by atoms with Gasteiger partial charge in [-0.05, 0) is 18.9 Å². The van der Waals surface area contributed by atoms with Crippen molar-refractivity contribution in [2.24, 2.45) is 7.05 Å². The average molecular weight is 302 g/mol. The van der Waals surface area contributed by atoms with E-state index >= 15 is 0 Å². The van der Waals surface area contributed by atoms with E-state index in [1.165, 1.54) is 6.20 Å². The van der Waals surface area contributed by atoms with E-state index in [1.54, 1.807) is 16.9 Å². The maximum absolute atomic E-state index is 11.1. The molecule has 0 saturated carbocycles. The molecule has 3 heterocycles. The summed E-state index contributed by atoms with van der Waals surface area (Å²) >= 11 is 0. The van der Waals surface area contributed by atoms with Crippen LogP contribution in [0.5, 0.6) is 0 Å². The summed E-state index contributed by atoms with van der Waals surface area (Å²) in [6, 6.07) is 1.82. The number of rotatable bonds is 4. The van der Waals surface area contributed by atoms with E-state index in [4.69, 9.17) is 0 Å². The van der Waals surface area contributed by atoms with Crippen molar-refractivity contribution in [3.05, 3.63) is 41.0 Å². The highest BCUT2D eigenvalue weighted by molar-refractivity contribution is 5.60. The number of nitrogens with zero attached hydrogens (tertiary/aromatic N) is 5. The van der Waals surface area contributed by atoms with Gasteiger partial charge < -0.3 is 10.2 Å². The lowest BCUT2D eigenvalue weighted by Crippen LogP contribution is -2.42. The predicted octanol–water partition coefficient (Wildman–Crippen LogP) is 1.80. The molecule has 0 spiro atoms. The van der Waals surface area contributed by atoms with Crippen molar-refractivity contribution in [1.29, 1.82) is 0 Å². The smallest absolute Gasteiger partial charge is 0.310 e. The Hall–Kier alpha value is -2.64. The number of anilines is 2. The molecule has 8 heteroatoms. The minimum atomic E-state index is -0.406. The summed E-state index contributed by atoms with van der Waals surface area (Å²) in [7, 11) is 1.89. The van der Waals surface area contributed by atoms with Gasteiger partial charge in [0, 0.05) is 38.6 Å². The summed E-state index contributed by atoms with van der Waals surface area (Å²) in [5.41, 5.74) is 1.62. The fraction of sp³-hybridized carbons (Fsp3) is 0.429. The Bertz CT molecular complexity index is 671. The minimum absolute atomic E-state index is 0.0148. The van der Waals surface area contributed by atoms with Gasteiger partial charge >= 0.3 is 5.69 Å². The van der Waals surface area contributed by atoms with Crippen LogP contribution in [0.2, 0.25) is 0 Å². The monoisotopic (exact) mass is 302 g/mol. The Kier molecular flexibility index (Phi) is 3.90. The minimum Gasteiger partial charge on any atom is -0.375 e. The lowest BCUT2D eigenvalue weighted by Gasteiger charge is -2.34. The van der Waals surface area contributed by atoms with E-state index in [0.29, 0.717) is 5.69 Å². The first-order chi connectivity index (χ1) is 10.6. The van der Waals surface area contributed by atoms with E-state index in [2.05, 4.69) is 20.3 Å². The summed E-state index contributed by atoms with van der Waals surface area (Å²) < 4.78 is 1.78. The molecule has 1 saturated heterocycles. The third-order valence-corrected chi connectivity index (χ3v) is 3.83. The highest BCUT2D eigenvalue weighted by Crippen LogP contribution is 2.26. The summed E-state index contributed by atoms with van der Waals surface area (Å²) in [6.45, 7) is 1.77. The van der Waals surface area contributed by atoms with Crippen LogP contribution < -0.4 is 10.2 Å². The van der Waals surface area contributed by atoms with Crippen LogP contribution in [0.25, 0.3) is 0 Å². The number of piperidine rings is 1. The molecule has 2 aromatic rings. The molecule has 1 fully saturated rings. The molecular formula is C14H18N6O2. The van der Waals surface area contributed by atoms with E-state index in [0.717, 1.165) is 31.6 Å². The molecule has 1 N–H and O–H groups in total. The van der Waals surface area contributed by atoms with Crippen LogP contribution in [-0.2, 0) is 7.05 Å². The summed E-state index contributed by atoms with van der Waals surface area (Å²) in [6.07, 6.45) is 8.69. The van der Waals surface area contributed by atoms with E-state index in [9.17, 15) is 10.1 Å². The second-order valence-electron chi connectivity index (χ2n) is 5.45. The lowest BCUT2D eigenvalue weighted by molar-refractivity contribution is -0.384. The third kappa shape index (κ3) is 3.00.